The monoisotopic (exact) mass is 388 g/mol. The Balaban J connectivity index is 1.82. The summed E-state index contributed by atoms with van der Waals surface area (Å²) in [6.45, 7) is -0.599. The van der Waals surface area contributed by atoms with E-state index < -0.39 is 24.5 Å². The summed E-state index contributed by atoms with van der Waals surface area (Å²) in [7, 11) is 1.39. The maximum Gasteiger partial charge on any atom is 0.338 e. The second-order valence-electron chi connectivity index (χ2n) is 5.55. The average Bonchev–Trinajstić information content (AvgIpc) is 3.05. The quantitative estimate of drug-likeness (QED) is 0.756. The molecule has 1 aromatic carbocycles. The number of imide groups is 1. The van der Waals surface area contributed by atoms with Crippen molar-refractivity contribution >= 4 is 41.1 Å². The van der Waals surface area contributed by atoms with Crippen molar-refractivity contribution in [3.8, 4) is 5.75 Å². The minimum atomic E-state index is -0.794. The molecule has 1 aliphatic carbocycles. The summed E-state index contributed by atoms with van der Waals surface area (Å²) in [5.41, 5.74) is 0.0685. The van der Waals surface area contributed by atoms with Gasteiger partial charge in [0.1, 0.15) is 0 Å². The molecule has 0 heterocycles. The number of hydrogen-bond donors (Lipinski definition) is 2. The summed E-state index contributed by atoms with van der Waals surface area (Å²) in [4.78, 5) is 35.3. The van der Waals surface area contributed by atoms with Crippen molar-refractivity contribution < 1.29 is 23.9 Å². The normalized spacial score (nSPS) is 14.0. The third-order valence-electron chi connectivity index (χ3n) is 3.72. The van der Waals surface area contributed by atoms with Gasteiger partial charge in [-0.15, -0.1) is 0 Å². The van der Waals surface area contributed by atoms with Crippen LogP contribution in [-0.2, 0) is 9.53 Å². The number of ether oxygens (including phenoxy) is 2. The Morgan fingerprint density at radius 3 is 2.32 bits per heavy atom. The predicted octanol–water partition coefficient (Wildman–Crippen LogP) is 2.93. The van der Waals surface area contributed by atoms with Gasteiger partial charge < -0.3 is 14.8 Å². The third kappa shape index (κ3) is 5.51. The highest BCUT2D eigenvalue weighted by Crippen LogP contribution is 2.33. The molecule has 0 saturated heterocycles. The van der Waals surface area contributed by atoms with Crippen LogP contribution in [0.1, 0.15) is 36.0 Å². The number of carbonyl (C=O) groups excluding carboxylic acids is 3. The van der Waals surface area contributed by atoms with Crippen LogP contribution in [0.4, 0.5) is 4.79 Å². The minimum Gasteiger partial charge on any atom is -0.494 e. The zero-order valence-corrected chi connectivity index (χ0v) is 15.1. The van der Waals surface area contributed by atoms with Crippen LogP contribution in [0.25, 0.3) is 0 Å². The van der Waals surface area contributed by atoms with Crippen molar-refractivity contribution in [2.24, 2.45) is 0 Å². The second-order valence-corrected chi connectivity index (χ2v) is 6.37. The highest BCUT2D eigenvalue weighted by Gasteiger charge is 2.19. The highest BCUT2D eigenvalue weighted by atomic mass is 35.5. The first kappa shape index (κ1) is 19.3. The minimum absolute atomic E-state index is 0.0685. The average molecular weight is 389 g/mol. The summed E-state index contributed by atoms with van der Waals surface area (Å²) in [6.07, 6.45) is 3.91. The molecule has 1 saturated carbocycles. The van der Waals surface area contributed by atoms with Crippen LogP contribution in [0, 0.1) is 0 Å². The maximum atomic E-state index is 12.0. The lowest BCUT2D eigenvalue weighted by molar-refractivity contribution is -0.123. The van der Waals surface area contributed by atoms with Crippen LogP contribution in [0.2, 0.25) is 10.0 Å². The first-order valence-corrected chi connectivity index (χ1v) is 8.46. The zero-order chi connectivity index (χ0) is 18.4. The lowest BCUT2D eigenvalue weighted by Gasteiger charge is -2.12. The molecule has 136 valence electrons. The van der Waals surface area contributed by atoms with Crippen molar-refractivity contribution in [2.75, 3.05) is 13.7 Å². The Morgan fingerprint density at radius 1 is 1.16 bits per heavy atom. The topological polar surface area (TPSA) is 93.7 Å². The van der Waals surface area contributed by atoms with Crippen molar-refractivity contribution in [2.45, 2.75) is 31.7 Å². The summed E-state index contributed by atoms with van der Waals surface area (Å²) in [5, 5.41) is 5.09. The van der Waals surface area contributed by atoms with Crippen LogP contribution in [0.15, 0.2) is 12.1 Å². The Hall–Kier alpha value is -1.99. The van der Waals surface area contributed by atoms with Gasteiger partial charge in [0, 0.05) is 6.04 Å². The van der Waals surface area contributed by atoms with E-state index in [-0.39, 0.29) is 27.4 Å². The Kier molecular flexibility index (Phi) is 6.90. The van der Waals surface area contributed by atoms with Crippen molar-refractivity contribution in [1.29, 1.82) is 0 Å². The molecule has 0 radical (unpaired) electrons. The Morgan fingerprint density at radius 2 is 1.76 bits per heavy atom. The van der Waals surface area contributed by atoms with Gasteiger partial charge in [-0.25, -0.2) is 9.59 Å². The van der Waals surface area contributed by atoms with Gasteiger partial charge in [-0.3, -0.25) is 10.1 Å². The first-order chi connectivity index (χ1) is 11.9. The number of methoxy groups -OCH3 is 1. The molecule has 1 aromatic rings. The molecule has 25 heavy (non-hydrogen) atoms. The summed E-state index contributed by atoms with van der Waals surface area (Å²) < 4.78 is 9.84. The molecule has 1 fully saturated rings. The third-order valence-corrected chi connectivity index (χ3v) is 4.28. The van der Waals surface area contributed by atoms with E-state index in [2.05, 4.69) is 10.6 Å². The largest absolute Gasteiger partial charge is 0.494 e. The molecule has 9 heteroatoms. The van der Waals surface area contributed by atoms with Crippen molar-refractivity contribution in [3.05, 3.63) is 27.7 Å². The second kappa shape index (κ2) is 8.92. The van der Waals surface area contributed by atoms with Crippen LogP contribution in [0.3, 0.4) is 0 Å². The molecule has 1 aliphatic rings. The van der Waals surface area contributed by atoms with Gasteiger partial charge in [0.05, 0.1) is 22.7 Å². The van der Waals surface area contributed by atoms with Crippen LogP contribution in [-0.4, -0.2) is 37.7 Å². The van der Waals surface area contributed by atoms with Gasteiger partial charge >= 0.3 is 12.0 Å². The number of halogens is 2. The fraction of sp³-hybridized carbons (Fsp3) is 0.438. The van der Waals surface area contributed by atoms with Gasteiger partial charge in [0.25, 0.3) is 5.91 Å². The van der Waals surface area contributed by atoms with E-state index in [1.807, 2.05) is 0 Å². The number of nitrogens with one attached hydrogen (secondary N) is 2. The van der Waals surface area contributed by atoms with E-state index in [1.165, 1.54) is 19.2 Å². The van der Waals surface area contributed by atoms with Crippen LogP contribution >= 0.6 is 23.2 Å². The first-order valence-electron chi connectivity index (χ1n) is 7.71. The number of esters is 1. The molecule has 0 unspecified atom stereocenters. The number of hydrogen-bond acceptors (Lipinski definition) is 5. The van der Waals surface area contributed by atoms with E-state index in [9.17, 15) is 14.4 Å². The van der Waals surface area contributed by atoms with Gasteiger partial charge in [0.2, 0.25) is 0 Å². The smallest absolute Gasteiger partial charge is 0.338 e. The number of benzene rings is 1. The summed E-state index contributed by atoms with van der Waals surface area (Å²) >= 11 is 11.9. The van der Waals surface area contributed by atoms with Crippen LogP contribution in [0.5, 0.6) is 5.75 Å². The molecule has 0 aliphatic heterocycles. The molecule has 0 atom stereocenters. The molecular weight excluding hydrogens is 371 g/mol. The SMILES string of the molecule is COc1c(Cl)cc(C(=O)OCC(=O)NC(=O)NC2CCCC2)cc1Cl. The maximum absolute atomic E-state index is 12.0. The molecular formula is C16H18Cl2N2O5. The van der Waals surface area contributed by atoms with E-state index in [1.54, 1.807) is 0 Å². The highest BCUT2D eigenvalue weighted by molar-refractivity contribution is 6.37. The lowest BCUT2D eigenvalue weighted by atomic mass is 10.2. The molecule has 3 amide bonds. The standard InChI is InChI=1S/C16H18Cl2N2O5/c1-24-14-11(17)6-9(7-12(14)18)15(22)25-8-13(21)20-16(23)19-10-4-2-3-5-10/h6-7,10H,2-5,8H2,1H3,(H2,19,20,21,23). The molecule has 2 N–H and O–H groups in total. The number of urea groups is 1. The van der Waals surface area contributed by atoms with Crippen molar-refractivity contribution in [3.63, 3.8) is 0 Å². The van der Waals surface area contributed by atoms with E-state index in [0.717, 1.165) is 25.7 Å². The summed E-state index contributed by atoms with van der Waals surface area (Å²) in [5.74, 6) is -1.28. The predicted molar refractivity (Wildman–Crippen MR) is 92.2 cm³/mol. The molecule has 2 rings (SSSR count). The lowest BCUT2D eigenvalue weighted by Crippen LogP contribution is -2.44. The van der Waals surface area contributed by atoms with Crippen molar-refractivity contribution in [1.82, 2.24) is 10.6 Å². The number of amides is 3. The number of carbonyl (C=O) groups is 3. The van der Waals surface area contributed by atoms with Gasteiger partial charge in [-0.2, -0.15) is 0 Å². The summed E-state index contributed by atoms with van der Waals surface area (Å²) in [6, 6.07) is 2.13. The zero-order valence-electron chi connectivity index (χ0n) is 13.6. The Labute approximate surface area is 154 Å². The fourth-order valence-electron chi connectivity index (χ4n) is 2.54. The molecule has 7 nitrogen and oxygen atoms in total. The van der Waals surface area contributed by atoms with Crippen LogP contribution < -0.4 is 15.4 Å². The van der Waals surface area contributed by atoms with E-state index in [4.69, 9.17) is 32.7 Å². The van der Waals surface area contributed by atoms with E-state index >= 15 is 0 Å². The van der Waals surface area contributed by atoms with Gasteiger partial charge in [-0.1, -0.05) is 36.0 Å². The van der Waals surface area contributed by atoms with Gasteiger partial charge in [0.15, 0.2) is 12.4 Å². The fourth-order valence-corrected chi connectivity index (χ4v) is 3.18. The Bertz CT molecular complexity index is 651. The number of rotatable bonds is 5. The molecule has 0 bridgehead atoms. The molecule has 0 aromatic heterocycles. The molecule has 0 spiro atoms. The van der Waals surface area contributed by atoms with Gasteiger partial charge in [-0.05, 0) is 25.0 Å². The van der Waals surface area contributed by atoms with E-state index in [0.29, 0.717) is 0 Å².